The molecule has 0 radical (unpaired) electrons. The molecule has 3 atom stereocenters. The van der Waals surface area contributed by atoms with Gasteiger partial charge in [-0.2, -0.15) is 0 Å². The fraction of sp³-hybridized carbons (Fsp3) is 0.478. The Morgan fingerprint density at radius 3 is 2.50 bits per heavy atom. The highest BCUT2D eigenvalue weighted by Gasteiger charge is 2.37. The number of aromatic nitrogens is 4. The summed E-state index contributed by atoms with van der Waals surface area (Å²) >= 11 is 0. The molecule has 0 saturated carbocycles. The lowest BCUT2D eigenvalue weighted by Crippen LogP contribution is -2.42. The molecule has 1 aromatic carbocycles. The number of benzene rings is 1. The molecule has 0 spiro atoms. The van der Waals surface area contributed by atoms with Crippen LogP contribution in [0.25, 0.3) is 11.2 Å². The van der Waals surface area contributed by atoms with Gasteiger partial charge in [-0.25, -0.2) is 19.3 Å². The van der Waals surface area contributed by atoms with Gasteiger partial charge in [-0.05, 0) is 30.3 Å². The molecule has 11 heteroatoms. The predicted molar refractivity (Wildman–Crippen MR) is 130 cm³/mol. The fourth-order valence-electron chi connectivity index (χ4n) is 3.07. The van der Waals surface area contributed by atoms with E-state index in [0.717, 1.165) is 4.57 Å². The van der Waals surface area contributed by atoms with E-state index in [1.165, 1.54) is 12.7 Å². The van der Waals surface area contributed by atoms with Crippen molar-refractivity contribution in [1.82, 2.24) is 19.5 Å². The number of nitrogens with one attached hydrogen (secondary N) is 1. The van der Waals surface area contributed by atoms with E-state index < -0.39 is 26.8 Å². The van der Waals surface area contributed by atoms with Crippen molar-refractivity contribution in [1.29, 1.82) is 0 Å². The Bertz CT molecular complexity index is 1120. The van der Waals surface area contributed by atoms with Crippen LogP contribution in [0, 0.1) is 0 Å². The number of aliphatic hydroxyl groups is 2. The summed E-state index contributed by atoms with van der Waals surface area (Å²) < 4.78 is 21.9. The maximum absolute atomic E-state index is 14.8. The third-order valence-electron chi connectivity index (χ3n) is 6.25. The van der Waals surface area contributed by atoms with Crippen molar-refractivity contribution in [3.8, 4) is 0 Å². The van der Waals surface area contributed by atoms with Gasteiger partial charge in [-0.15, -0.1) is 0 Å². The number of anilines is 1. The Hall–Kier alpha value is -2.73. The number of amides is 1. The van der Waals surface area contributed by atoms with Gasteiger partial charge in [0.25, 0.3) is 5.91 Å². The Labute approximate surface area is 199 Å². The second-order valence-corrected chi connectivity index (χ2v) is 14.5. The standard InChI is InChI=1S/C23H32FN5O4Si/c1-23(2,3)34(4,5)33-12-11-16(24)18(30)22(32)29-14-27-17-19(25-13-26-20(17)29)28-21(31)15-9-7-6-8-10-15/h6-10,13-14,16,18,22,30,32H,11-12H2,1-5H3,(H,25,26,28,31)/t16-,18-,22-/m1/s1. The van der Waals surface area contributed by atoms with E-state index in [4.69, 9.17) is 4.43 Å². The third-order valence-corrected chi connectivity index (χ3v) is 10.8. The molecule has 2 aromatic heterocycles. The largest absolute Gasteiger partial charge is 0.417 e. The minimum atomic E-state index is -2.05. The number of carbonyl (C=O) groups is 1. The van der Waals surface area contributed by atoms with Crippen LogP contribution < -0.4 is 5.32 Å². The number of aliphatic hydroxyl groups excluding tert-OH is 2. The number of carbonyl (C=O) groups excluding carboxylic acids is 1. The molecule has 0 aliphatic rings. The Morgan fingerprint density at radius 2 is 1.85 bits per heavy atom. The number of hydrogen-bond acceptors (Lipinski definition) is 7. The molecule has 0 unspecified atom stereocenters. The quantitative estimate of drug-likeness (QED) is 0.392. The number of fused-ring (bicyclic) bond motifs is 1. The highest BCUT2D eigenvalue weighted by atomic mass is 28.4. The fourth-order valence-corrected chi connectivity index (χ4v) is 4.13. The van der Waals surface area contributed by atoms with Crippen LogP contribution in [0.3, 0.4) is 0 Å². The van der Waals surface area contributed by atoms with E-state index in [9.17, 15) is 19.4 Å². The maximum Gasteiger partial charge on any atom is 0.256 e. The lowest BCUT2D eigenvalue weighted by Gasteiger charge is -2.36. The van der Waals surface area contributed by atoms with Crippen molar-refractivity contribution >= 4 is 31.2 Å². The van der Waals surface area contributed by atoms with Gasteiger partial charge in [-0.1, -0.05) is 39.0 Å². The number of hydrogen-bond donors (Lipinski definition) is 3. The molecule has 3 rings (SSSR count). The summed E-state index contributed by atoms with van der Waals surface area (Å²) in [6.07, 6.45) is -2.73. The Morgan fingerprint density at radius 1 is 1.18 bits per heavy atom. The van der Waals surface area contributed by atoms with Crippen molar-refractivity contribution in [2.24, 2.45) is 0 Å². The van der Waals surface area contributed by atoms with Crippen LogP contribution in [0.4, 0.5) is 10.2 Å². The predicted octanol–water partition coefficient (Wildman–Crippen LogP) is 3.68. The number of halogens is 1. The van der Waals surface area contributed by atoms with Gasteiger partial charge < -0.3 is 20.0 Å². The Balaban J connectivity index is 1.70. The molecule has 2 heterocycles. The summed E-state index contributed by atoms with van der Waals surface area (Å²) in [7, 11) is -2.05. The summed E-state index contributed by atoms with van der Waals surface area (Å²) in [5.74, 6) is -0.250. The van der Waals surface area contributed by atoms with Crippen molar-refractivity contribution in [2.75, 3.05) is 11.9 Å². The molecule has 0 saturated heterocycles. The number of imidazole rings is 1. The normalized spacial score (nSPS) is 15.2. The molecular weight excluding hydrogens is 457 g/mol. The van der Waals surface area contributed by atoms with Crippen LogP contribution in [0.2, 0.25) is 18.1 Å². The van der Waals surface area contributed by atoms with Gasteiger partial charge in [0.15, 0.2) is 31.5 Å². The average Bonchev–Trinajstić information content (AvgIpc) is 3.23. The molecule has 1 amide bonds. The molecule has 0 aliphatic heterocycles. The first-order valence-corrected chi connectivity index (χ1v) is 14.0. The number of alkyl halides is 1. The van der Waals surface area contributed by atoms with Gasteiger partial charge in [-0.3, -0.25) is 9.36 Å². The van der Waals surface area contributed by atoms with E-state index in [1.807, 2.05) is 0 Å². The summed E-state index contributed by atoms with van der Waals surface area (Å²) in [6.45, 7) is 10.5. The van der Waals surface area contributed by atoms with Gasteiger partial charge >= 0.3 is 0 Å². The highest BCUT2D eigenvalue weighted by Crippen LogP contribution is 2.36. The van der Waals surface area contributed by atoms with E-state index >= 15 is 0 Å². The average molecular weight is 490 g/mol. The zero-order chi connectivity index (χ0) is 25.1. The summed E-state index contributed by atoms with van der Waals surface area (Å²) in [5.41, 5.74) is 0.786. The van der Waals surface area contributed by atoms with Crippen molar-refractivity contribution < 1.29 is 23.8 Å². The van der Waals surface area contributed by atoms with Crippen LogP contribution in [0.5, 0.6) is 0 Å². The second kappa shape index (κ2) is 10.3. The molecule has 9 nitrogen and oxygen atoms in total. The van der Waals surface area contributed by atoms with Crippen molar-refractivity contribution in [3.63, 3.8) is 0 Å². The van der Waals surface area contributed by atoms with Crippen LogP contribution in [-0.2, 0) is 4.43 Å². The van der Waals surface area contributed by atoms with Crippen LogP contribution in [-0.4, -0.2) is 62.8 Å². The van der Waals surface area contributed by atoms with Crippen molar-refractivity contribution in [3.05, 3.63) is 48.5 Å². The monoisotopic (exact) mass is 489 g/mol. The molecule has 3 N–H and O–H groups in total. The second-order valence-electron chi connectivity index (χ2n) is 9.68. The van der Waals surface area contributed by atoms with E-state index in [-0.39, 0.29) is 41.0 Å². The molecular formula is C23H32FN5O4Si. The van der Waals surface area contributed by atoms with Crippen LogP contribution in [0.15, 0.2) is 43.0 Å². The first-order valence-electron chi connectivity index (χ1n) is 11.1. The van der Waals surface area contributed by atoms with Gasteiger partial charge in [0.2, 0.25) is 0 Å². The molecule has 0 aliphatic carbocycles. The number of rotatable bonds is 9. The van der Waals surface area contributed by atoms with E-state index in [1.54, 1.807) is 30.3 Å². The van der Waals surface area contributed by atoms with Gasteiger partial charge in [0.1, 0.15) is 18.6 Å². The molecule has 0 bridgehead atoms. The molecule has 0 fully saturated rings. The van der Waals surface area contributed by atoms with Crippen LogP contribution >= 0.6 is 0 Å². The van der Waals surface area contributed by atoms with Crippen molar-refractivity contribution in [2.45, 2.75) is 63.8 Å². The van der Waals surface area contributed by atoms with Crippen LogP contribution in [0.1, 0.15) is 43.8 Å². The first kappa shape index (κ1) is 25.9. The van der Waals surface area contributed by atoms with Gasteiger partial charge in [0.05, 0.1) is 6.33 Å². The minimum Gasteiger partial charge on any atom is -0.417 e. The highest BCUT2D eigenvalue weighted by molar-refractivity contribution is 6.74. The van der Waals surface area contributed by atoms with Gasteiger partial charge in [0, 0.05) is 18.6 Å². The molecule has 34 heavy (non-hydrogen) atoms. The SMILES string of the molecule is CC(C)(C)[Si](C)(C)OCC[C@@H](F)[C@@H](O)[C@@H](O)n1cnc2c(NC(=O)c3ccccc3)ncnc21. The van der Waals surface area contributed by atoms with E-state index in [0.29, 0.717) is 5.56 Å². The lowest BCUT2D eigenvalue weighted by atomic mass is 10.1. The lowest BCUT2D eigenvalue weighted by molar-refractivity contribution is -0.0693. The summed E-state index contributed by atoms with van der Waals surface area (Å²) in [4.78, 5) is 24.8. The first-order chi connectivity index (χ1) is 15.9. The summed E-state index contributed by atoms with van der Waals surface area (Å²) in [5, 5.41) is 23.7. The molecule has 184 valence electrons. The Kier molecular flexibility index (Phi) is 7.81. The maximum atomic E-state index is 14.8. The minimum absolute atomic E-state index is 0.0139. The van der Waals surface area contributed by atoms with E-state index in [2.05, 4.69) is 54.1 Å². The number of nitrogens with zero attached hydrogens (tertiary/aromatic N) is 4. The zero-order valence-electron chi connectivity index (χ0n) is 20.1. The topological polar surface area (TPSA) is 122 Å². The third kappa shape index (κ3) is 5.66. The smallest absolute Gasteiger partial charge is 0.256 e. The zero-order valence-corrected chi connectivity index (χ0v) is 21.1. The molecule has 3 aromatic rings. The summed E-state index contributed by atoms with van der Waals surface area (Å²) in [6, 6.07) is 8.58.